The molecule has 0 nitrogen and oxygen atoms in total. The first kappa shape index (κ1) is 14.2. The Labute approximate surface area is 131 Å². The highest BCUT2D eigenvalue weighted by Crippen LogP contribution is 2.29. The number of hydrogen-bond donors (Lipinski definition) is 0. The zero-order chi connectivity index (χ0) is 14.7. The summed E-state index contributed by atoms with van der Waals surface area (Å²) in [6, 6.07) is 23.6. The van der Waals surface area contributed by atoms with Gasteiger partial charge in [0.15, 0.2) is 0 Å². The van der Waals surface area contributed by atoms with Gasteiger partial charge < -0.3 is 0 Å². The van der Waals surface area contributed by atoms with Gasteiger partial charge in [0.1, 0.15) is 0 Å². The van der Waals surface area contributed by atoms with E-state index in [1.54, 1.807) is 0 Å². The molecule has 3 aromatic rings. The Morgan fingerprint density at radius 2 is 1.57 bits per heavy atom. The highest BCUT2D eigenvalue weighted by atomic mass is 35.5. The molecule has 0 aliphatic rings. The molecule has 106 valence electrons. The van der Waals surface area contributed by atoms with Crippen molar-refractivity contribution in [1.29, 1.82) is 0 Å². The molecule has 3 aromatic carbocycles. The van der Waals surface area contributed by atoms with Crippen LogP contribution in [0.4, 0.5) is 0 Å². The summed E-state index contributed by atoms with van der Waals surface area (Å²) in [5.74, 6) is 0. The molecule has 3 rings (SSSR count). The maximum absolute atomic E-state index is 6.64. The summed E-state index contributed by atoms with van der Waals surface area (Å²) in [7, 11) is 0. The van der Waals surface area contributed by atoms with Gasteiger partial charge in [-0.25, -0.2) is 0 Å². The third-order valence-electron chi connectivity index (χ3n) is 4.03. The molecule has 0 heterocycles. The van der Waals surface area contributed by atoms with Crippen LogP contribution in [0.1, 0.15) is 29.0 Å². The third kappa shape index (κ3) is 3.11. The van der Waals surface area contributed by atoms with Crippen LogP contribution in [0.5, 0.6) is 0 Å². The van der Waals surface area contributed by atoms with Crippen molar-refractivity contribution in [2.24, 2.45) is 0 Å². The summed E-state index contributed by atoms with van der Waals surface area (Å²) >= 11 is 6.64. The first-order valence-electron chi connectivity index (χ1n) is 7.47. The molecule has 0 radical (unpaired) electrons. The minimum Gasteiger partial charge on any atom is -0.117 e. The molecule has 0 aliphatic carbocycles. The van der Waals surface area contributed by atoms with Crippen LogP contribution in [0.25, 0.3) is 10.8 Å². The van der Waals surface area contributed by atoms with Crippen molar-refractivity contribution in [1.82, 2.24) is 0 Å². The Bertz CT molecular complexity index is 723. The van der Waals surface area contributed by atoms with Crippen LogP contribution < -0.4 is 0 Å². The molecule has 0 N–H and O–H groups in total. The lowest BCUT2D eigenvalue weighted by molar-refractivity contribution is 0.925. The quantitative estimate of drug-likeness (QED) is 0.524. The van der Waals surface area contributed by atoms with Crippen LogP contribution in [0, 0.1) is 0 Å². The van der Waals surface area contributed by atoms with E-state index >= 15 is 0 Å². The van der Waals surface area contributed by atoms with Crippen molar-refractivity contribution in [3.63, 3.8) is 0 Å². The molecule has 1 atom stereocenters. The van der Waals surface area contributed by atoms with Crippen LogP contribution in [0.15, 0.2) is 66.7 Å². The fourth-order valence-corrected chi connectivity index (χ4v) is 3.06. The average Bonchev–Trinajstić information content (AvgIpc) is 2.55. The Hall–Kier alpha value is -1.79. The summed E-state index contributed by atoms with van der Waals surface area (Å²) in [6.45, 7) is 2.17. The summed E-state index contributed by atoms with van der Waals surface area (Å²) in [6.07, 6.45) is 1.92. The van der Waals surface area contributed by atoms with E-state index in [0.717, 1.165) is 12.8 Å². The highest BCUT2D eigenvalue weighted by molar-refractivity contribution is 6.21. The second-order valence-corrected chi connectivity index (χ2v) is 5.93. The van der Waals surface area contributed by atoms with Gasteiger partial charge in [0.25, 0.3) is 0 Å². The molecule has 0 aliphatic heterocycles. The zero-order valence-electron chi connectivity index (χ0n) is 12.2. The molecular weight excluding hydrogens is 276 g/mol. The molecule has 21 heavy (non-hydrogen) atoms. The van der Waals surface area contributed by atoms with Crippen LogP contribution >= 0.6 is 11.6 Å². The van der Waals surface area contributed by atoms with E-state index < -0.39 is 0 Å². The van der Waals surface area contributed by atoms with Gasteiger partial charge in [-0.15, -0.1) is 11.6 Å². The molecule has 0 amide bonds. The fourth-order valence-electron chi connectivity index (χ4n) is 2.74. The molecule has 0 fully saturated rings. The van der Waals surface area contributed by atoms with Crippen molar-refractivity contribution in [3.05, 3.63) is 83.4 Å². The lowest BCUT2D eigenvalue weighted by Gasteiger charge is -2.12. The van der Waals surface area contributed by atoms with E-state index in [9.17, 15) is 0 Å². The van der Waals surface area contributed by atoms with Gasteiger partial charge in [0.2, 0.25) is 0 Å². The first-order chi connectivity index (χ1) is 10.3. The van der Waals surface area contributed by atoms with Crippen LogP contribution in [0.2, 0.25) is 0 Å². The van der Waals surface area contributed by atoms with E-state index in [4.69, 9.17) is 11.6 Å². The molecule has 0 aromatic heterocycles. The molecule has 1 unspecified atom stereocenters. The summed E-state index contributed by atoms with van der Waals surface area (Å²) in [5.41, 5.74) is 3.86. The average molecular weight is 295 g/mol. The van der Waals surface area contributed by atoms with Crippen molar-refractivity contribution < 1.29 is 0 Å². The number of fused-ring (bicyclic) bond motifs is 1. The summed E-state index contributed by atoms with van der Waals surface area (Å²) in [5, 5.41) is 2.60. The van der Waals surface area contributed by atoms with Crippen LogP contribution in [-0.4, -0.2) is 0 Å². The lowest BCUT2D eigenvalue weighted by Crippen LogP contribution is -1.97. The van der Waals surface area contributed by atoms with Gasteiger partial charge in [-0.05, 0) is 40.3 Å². The van der Waals surface area contributed by atoms with Crippen molar-refractivity contribution >= 4 is 22.4 Å². The lowest BCUT2D eigenvalue weighted by atomic mass is 9.97. The Kier molecular flexibility index (Phi) is 4.26. The molecule has 0 saturated carbocycles. The Morgan fingerprint density at radius 1 is 0.857 bits per heavy atom. The largest absolute Gasteiger partial charge is 0.117 e. The Morgan fingerprint density at radius 3 is 2.33 bits per heavy atom. The number of aryl methyl sites for hydroxylation is 1. The van der Waals surface area contributed by atoms with Crippen molar-refractivity contribution in [2.75, 3.05) is 0 Å². The molecular formula is C20H19Cl. The van der Waals surface area contributed by atoms with E-state index in [1.165, 1.54) is 27.5 Å². The molecule has 0 saturated heterocycles. The van der Waals surface area contributed by atoms with E-state index in [-0.39, 0.29) is 5.38 Å². The van der Waals surface area contributed by atoms with Gasteiger partial charge in [0.05, 0.1) is 5.38 Å². The van der Waals surface area contributed by atoms with Gasteiger partial charge >= 0.3 is 0 Å². The van der Waals surface area contributed by atoms with Crippen LogP contribution in [0.3, 0.4) is 0 Å². The summed E-state index contributed by atoms with van der Waals surface area (Å²) in [4.78, 5) is 0. The van der Waals surface area contributed by atoms with Gasteiger partial charge in [-0.1, -0.05) is 73.7 Å². The fraction of sp³-hybridized carbons (Fsp3) is 0.200. The molecule has 1 heteroatoms. The number of hydrogen-bond acceptors (Lipinski definition) is 0. The normalized spacial score (nSPS) is 12.5. The van der Waals surface area contributed by atoms with E-state index in [0.29, 0.717) is 0 Å². The topological polar surface area (TPSA) is 0 Å². The highest BCUT2D eigenvalue weighted by Gasteiger charge is 2.10. The zero-order valence-corrected chi connectivity index (χ0v) is 13.0. The number of benzene rings is 3. The number of rotatable bonds is 4. The minimum atomic E-state index is 0.0155. The van der Waals surface area contributed by atoms with Crippen molar-refractivity contribution in [2.45, 2.75) is 25.1 Å². The maximum Gasteiger partial charge on any atom is 0.0625 e. The first-order valence-corrected chi connectivity index (χ1v) is 7.91. The standard InChI is InChI=1S/C20H19Cl/c1-2-15-10-12-17(13-11-15)20(21)14-18-8-5-7-16-6-3-4-9-19(16)18/h3-13,20H,2,14H2,1H3. The second kappa shape index (κ2) is 6.32. The van der Waals surface area contributed by atoms with Crippen molar-refractivity contribution in [3.8, 4) is 0 Å². The van der Waals surface area contributed by atoms with E-state index in [2.05, 4.69) is 73.7 Å². The monoisotopic (exact) mass is 294 g/mol. The van der Waals surface area contributed by atoms with Crippen LogP contribution in [-0.2, 0) is 12.8 Å². The maximum atomic E-state index is 6.64. The second-order valence-electron chi connectivity index (χ2n) is 5.41. The van der Waals surface area contributed by atoms with E-state index in [1.807, 2.05) is 0 Å². The van der Waals surface area contributed by atoms with Gasteiger partial charge in [-0.3, -0.25) is 0 Å². The third-order valence-corrected chi connectivity index (χ3v) is 4.44. The predicted molar refractivity (Wildman–Crippen MR) is 92.1 cm³/mol. The van der Waals surface area contributed by atoms with Gasteiger partial charge in [-0.2, -0.15) is 0 Å². The Balaban J connectivity index is 1.87. The number of alkyl halides is 1. The molecule has 0 bridgehead atoms. The minimum absolute atomic E-state index is 0.0155. The number of halogens is 1. The van der Waals surface area contributed by atoms with Gasteiger partial charge in [0, 0.05) is 0 Å². The smallest absolute Gasteiger partial charge is 0.0625 e. The molecule has 0 spiro atoms. The summed E-state index contributed by atoms with van der Waals surface area (Å²) < 4.78 is 0. The predicted octanol–water partition coefficient (Wildman–Crippen LogP) is 5.92. The SMILES string of the molecule is CCc1ccc(C(Cl)Cc2cccc3ccccc23)cc1.